The number of oxazole rings is 1. The number of aryl methyl sites for hydroxylation is 1. The zero-order chi connectivity index (χ0) is 22.1. The lowest BCUT2D eigenvalue weighted by Gasteiger charge is -2.07. The number of carbonyl (C=O) groups is 1. The summed E-state index contributed by atoms with van der Waals surface area (Å²) in [6.45, 7) is 5.88. The van der Waals surface area contributed by atoms with Gasteiger partial charge in [0.05, 0.1) is 4.92 Å². The number of fused-ring (bicyclic) bond motifs is 1. The van der Waals surface area contributed by atoms with Gasteiger partial charge in [-0.05, 0) is 54.8 Å². The minimum Gasteiger partial charge on any atom is -0.436 e. The third-order valence-corrected chi connectivity index (χ3v) is 5.11. The summed E-state index contributed by atoms with van der Waals surface area (Å²) in [5.41, 5.74) is 4.54. The molecular weight excluding hydrogens is 394 g/mol. The van der Waals surface area contributed by atoms with E-state index < -0.39 is 10.8 Å². The number of hydrogen-bond acceptors (Lipinski definition) is 5. The van der Waals surface area contributed by atoms with Crippen molar-refractivity contribution in [1.29, 1.82) is 0 Å². The highest BCUT2D eigenvalue weighted by Gasteiger charge is 2.16. The maximum absolute atomic E-state index is 12.6. The van der Waals surface area contributed by atoms with Gasteiger partial charge in [0.25, 0.3) is 11.6 Å². The smallest absolute Gasteiger partial charge is 0.273 e. The third kappa shape index (κ3) is 4.16. The number of nitro groups is 1. The maximum Gasteiger partial charge on any atom is 0.273 e. The first-order chi connectivity index (χ1) is 14.8. The van der Waals surface area contributed by atoms with Crippen LogP contribution in [-0.4, -0.2) is 15.8 Å². The first-order valence-electron chi connectivity index (χ1n) is 9.89. The molecule has 7 nitrogen and oxygen atoms in total. The molecule has 0 aliphatic rings. The Hall–Kier alpha value is -4.00. The molecule has 0 atom stereocenters. The second-order valence-electron chi connectivity index (χ2n) is 7.69. The molecule has 7 heteroatoms. The van der Waals surface area contributed by atoms with Gasteiger partial charge in [0.2, 0.25) is 5.89 Å². The van der Waals surface area contributed by atoms with Crippen molar-refractivity contribution in [3.05, 3.63) is 87.5 Å². The van der Waals surface area contributed by atoms with Gasteiger partial charge in [-0.3, -0.25) is 14.9 Å². The first kappa shape index (κ1) is 20.3. The molecule has 1 heterocycles. The number of nitrogens with one attached hydrogen (secondary N) is 1. The normalized spacial score (nSPS) is 11.1. The summed E-state index contributed by atoms with van der Waals surface area (Å²) in [6.07, 6.45) is 0. The number of hydrogen-bond donors (Lipinski definition) is 1. The molecule has 0 unspecified atom stereocenters. The molecular formula is C24H21N3O4. The van der Waals surface area contributed by atoms with Crippen molar-refractivity contribution in [2.24, 2.45) is 0 Å². The Morgan fingerprint density at radius 3 is 2.65 bits per heavy atom. The zero-order valence-corrected chi connectivity index (χ0v) is 17.4. The molecule has 0 saturated carbocycles. The largest absolute Gasteiger partial charge is 0.436 e. The predicted octanol–water partition coefficient (Wildman–Crippen LogP) is 6.09. The van der Waals surface area contributed by atoms with E-state index in [-0.39, 0.29) is 11.3 Å². The summed E-state index contributed by atoms with van der Waals surface area (Å²) in [5, 5.41) is 13.9. The lowest BCUT2D eigenvalue weighted by Crippen LogP contribution is -2.12. The fraction of sp³-hybridized carbons (Fsp3) is 0.167. The van der Waals surface area contributed by atoms with Gasteiger partial charge < -0.3 is 9.73 Å². The van der Waals surface area contributed by atoms with Crippen LogP contribution in [0.4, 0.5) is 11.4 Å². The monoisotopic (exact) mass is 415 g/mol. The number of amides is 1. The number of carbonyl (C=O) groups excluding carboxylic acids is 1. The van der Waals surface area contributed by atoms with E-state index in [2.05, 4.69) is 24.1 Å². The molecule has 3 aromatic carbocycles. The molecule has 1 aromatic heterocycles. The fourth-order valence-corrected chi connectivity index (χ4v) is 3.31. The highest BCUT2D eigenvalue weighted by Crippen LogP contribution is 2.28. The van der Waals surface area contributed by atoms with Crippen molar-refractivity contribution >= 4 is 28.4 Å². The van der Waals surface area contributed by atoms with E-state index in [9.17, 15) is 14.9 Å². The van der Waals surface area contributed by atoms with E-state index >= 15 is 0 Å². The average Bonchev–Trinajstić information content (AvgIpc) is 3.17. The molecule has 0 aliphatic carbocycles. The third-order valence-electron chi connectivity index (χ3n) is 5.11. The minimum absolute atomic E-state index is 0.0892. The molecule has 0 spiro atoms. The molecule has 0 fully saturated rings. The number of nitrogens with zero attached hydrogens (tertiary/aromatic N) is 2. The van der Waals surface area contributed by atoms with Gasteiger partial charge in [-0.1, -0.05) is 32.0 Å². The SMILES string of the molecule is Cc1ccc(C(=O)Nc2cccc(-c3nc4cc(C(C)C)ccc4o3)c2)cc1[N+](=O)[O-]. The summed E-state index contributed by atoms with van der Waals surface area (Å²) < 4.78 is 5.89. The van der Waals surface area contributed by atoms with Crippen LogP contribution in [0.3, 0.4) is 0 Å². The standard InChI is InChI=1S/C24H21N3O4/c1-14(2)16-9-10-22-20(12-16)26-24(31-22)18-5-4-6-19(11-18)25-23(28)17-8-7-15(3)21(13-17)27(29)30/h4-14H,1-3H3,(H,25,28). The van der Waals surface area contributed by atoms with Gasteiger partial charge >= 0.3 is 0 Å². The Labute approximate surface area is 178 Å². The Morgan fingerprint density at radius 2 is 1.90 bits per heavy atom. The van der Waals surface area contributed by atoms with E-state index in [0.717, 1.165) is 11.1 Å². The highest BCUT2D eigenvalue weighted by atomic mass is 16.6. The van der Waals surface area contributed by atoms with Gasteiger partial charge in [-0.2, -0.15) is 0 Å². The predicted molar refractivity (Wildman–Crippen MR) is 119 cm³/mol. The van der Waals surface area contributed by atoms with Gasteiger partial charge in [0.1, 0.15) is 5.52 Å². The van der Waals surface area contributed by atoms with E-state index in [0.29, 0.717) is 28.6 Å². The number of benzene rings is 3. The van der Waals surface area contributed by atoms with Crippen LogP contribution in [0.2, 0.25) is 0 Å². The summed E-state index contributed by atoms with van der Waals surface area (Å²) in [7, 11) is 0. The lowest BCUT2D eigenvalue weighted by atomic mass is 10.0. The molecule has 4 rings (SSSR count). The van der Waals surface area contributed by atoms with Crippen molar-refractivity contribution in [1.82, 2.24) is 4.98 Å². The zero-order valence-electron chi connectivity index (χ0n) is 17.4. The second-order valence-corrected chi connectivity index (χ2v) is 7.69. The van der Waals surface area contributed by atoms with E-state index in [1.54, 1.807) is 37.3 Å². The van der Waals surface area contributed by atoms with Gasteiger partial charge in [-0.15, -0.1) is 0 Å². The molecule has 31 heavy (non-hydrogen) atoms. The number of nitro benzene ring substituents is 1. The Morgan fingerprint density at radius 1 is 1.10 bits per heavy atom. The Balaban J connectivity index is 1.60. The molecule has 1 amide bonds. The maximum atomic E-state index is 12.6. The summed E-state index contributed by atoms with van der Waals surface area (Å²) in [6, 6.07) is 17.5. The van der Waals surface area contributed by atoms with Crippen LogP contribution in [0, 0.1) is 17.0 Å². The van der Waals surface area contributed by atoms with E-state index in [4.69, 9.17) is 4.42 Å². The Bertz CT molecular complexity index is 1310. The van der Waals surface area contributed by atoms with Crippen LogP contribution in [0.25, 0.3) is 22.6 Å². The summed E-state index contributed by atoms with van der Waals surface area (Å²) in [4.78, 5) is 27.9. The molecule has 1 N–H and O–H groups in total. The fourth-order valence-electron chi connectivity index (χ4n) is 3.31. The van der Waals surface area contributed by atoms with Crippen LogP contribution >= 0.6 is 0 Å². The highest BCUT2D eigenvalue weighted by molar-refractivity contribution is 6.05. The van der Waals surface area contributed by atoms with Crippen LogP contribution in [0.1, 0.15) is 41.3 Å². The van der Waals surface area contributed by atoms with E-state index in [1.807, 2.05) is 24.3 Å². The molecule has 0 radical (unpaired) electrons. The first-order valence-corrected chi connectivity index (χ1v) is 9.89. The van der Waals surface area contributed by atoms with E-state index in [1.165, 1.54) is 11.6 Å². The average molecular weight is 415 g/mol. The minimum atomic E-state index is -0.495. The van der Waals surface area contributed by atoms with Gasteiger partial charge in [0, 0.05) is 28.4 Å². The number of rotatable bonds is 5. The number of anilines is 1. The van der Waals surface area contributed by atoms with Crippen molar-refractivity contribution in [2.75, 3.05) is 5.32 Å². The van der Waals surface area contributed by atoms with Crippen molar-refractivity contribution in [2.45, 2.75) is 26.7 Å². The topological polar surface area (TPSA) is 98.3 Å². The van der Waals surface area contributed by atoms with Gasteiger partial charge in [-0.25, -0.2) is 4.98 Å². The molecule has 0 aliphatic heterocycles. The van der Waals surface area contributed by atoms with Crippen LogP contribution in [0.5, 0.6) is 0 Å². The summed E-state index contributed by atoms with van der Waals surface area (Å²) in [5.74, 6) is 0.415. The Kier molecular flexibility index (Phi) is 5.25. The van der Waals surface area contributed by atoms with Crippen LogP contribution in [0.15, 0.2) is 65.1 Å². The van der Waals surface area contributed by atoms with Crippen molar-refractivity contribution in [3.8, 4) is 11.5 Å². The second kappa shape index (κ2) is 8.02. The molecule has 0 bridgehead atoms. The molecule has 4 aromatic rings. The van der Waals surface area contributed by atoms with Crippen molar-refractivity contribution < 1.29 is 14.1 Å². The number of aromatic nitrogens is 1. The van der Waals surface area contributed by atoms with Crippen LogP contribution in [-0.2, 0) is 0 Å². The molecule has 156 valence electrons. The lowest BCUT2D eigenvalue weighted by molar-refractivity contribution is -0.385. The summed E-state index contributed by atoms with van der Waals surface area (Å²) >= 11 is 0. The van der Waals surface area contributed by atoms with Crippen molar-refractivity contribution in [3.63, 3.8) is 0 Å². The van der Waals surface area contributed by atoms with Gasteiger partial charge in [0.15, 0.2) is 5.58 Å². The van der Waals surface area contributed by atoms with Crippen LogP contribution < -0.4 is 5.32 Å². The molecule has 0 saturated heterocycles. The quantitative estimate of drug-likeness (QED) is 0.314.